The van der Waals surface area contributed by atoms with Crippen molar-refractivity contribution in [1.82, 2.24) is 0 Å². The number of allylic oxidation sites excluding steroid dienone is 10. The topological polar surface area (TPSA) is 192 Å². The van der Waals surface area contributed by atoms with E-state index in [-0.39, 0.29) is 12.8 Å². The zero-order chi connectivity index (χ0) is 42.2. The van der Waals surface area contributed by atoms with Gasteiger partial charge in [-0.2, -0.15) is 0 Å². The van der Waals surface area contributed by atoms with Gasteiger partial charge in [0.05, 0.1) is 19.3 Å². The maximum absolute atomic E-state index is 12.6. The number of hydrogen-bond donors (Lipinski definition) is 4. The van der Waals surface area contributed by atoms with Crippen LogP contribution in [0.1, 0.15) is 149 Å². The third-order valence-corrected chi connectivity index (χ3v) is 9.46. The number of nitrogens with two attached hydrogens (primary N) is 1. The maximum atomic E-state index is 12.6. The van der Waals surface area contributed by atoms with Gasteiger partial charge in [-0.3, -0.25) is 23.4 Å². The van der Waals surface area contributed by atoms with Crippen molar-refractivity contribution in [1.29, 1.82) is 0 Å². The van der Waals surface area contributed by atoms with Crippen LogP contribution in [0.15, 0.2) is 72.9 Å². The second-order valence-corrected chi connectivity index (χ2v) is 15.4. The lowest BCUT2D eigenvalue weighted by Crippen LogP contribution is -2.34. The average Bonchev–Trinajstić information content (AvgIpc) is 3.18. The number of aliphatic carboxylic acids is 1. The lowest BCUT2D eigenvalue weighted by atomic mass is 10.1. The van der Waals surface area contributed by atoms with Crippen LogP contribution >= 0.6 is 7.82 Å². The van der Waals surface area contributed by atoms with Crippen LogP contribution in [-0.2, 0) is 37.5 Å². The Balaban J connectivity index is 4.58. The number of carbonyl (C=O) groups is 3. The highest BCUT2D eigenvalue weighted by atomic mass is 31.2. The number of carboxylic acids is 1. The molecule has 0 fully saturated rings. The molecule has 0 aliphatic heterocycles. The zero-order valence-corrected chi connectivity index (χ0v) is 35.7. The Bertz CT molecular complexity index is 1260. The van der Waals surface area contributed by atoms with Gasteiger partial charge in [-0.15, -0.1) is 0 Å². The summed E-state index contributed by atoms with van der Waals surface area (Å²) >= 11 is 0. The van der Waals surface area contributed by atoms with Gasteiger partial charge in [-0.05, 0) is 77.0 Å². The molecule has 13 heteroatoms. The number of carbonyl (C=O) groups excluding carboxylic acids is 2. The van der Waals surface area contributed by atoms with Crippen molar-refractivity contribution in [2.24, 2.45) is 5.73 Å². The molecule has 0 rings (SSSR count). The Kier molecular flexibility index (Phi) is 36.3. The first-order valence-corrected chi connectivity index (χ1v) is 22.6. The lowest BCUT2D eigenvalue weighted by Gasteiger charge is -2.20. The van der Waals surface area contributed by atoms with Crippen molar-refractivity contribution in [3.05, 3.63) is 72.9 Å². The number of phosphoric acid groups is 1. The molecule has 0 saturated heterocycles. The van der Waals surface area contributed by atoms with Crippen LogP contribution in [0.3, 0.4) is 0 Å². The van der Waals surface area contributed by atoms with Gasteiger partial charge in [-0.25, -0.2) is 4.57 Å². The summed E-state index contributed by atoms with van der Waals surface area (Å²) in [5, 5.41) is 18.9. The molecular weight excluding hydrogens is 749 g/mol. The molecule has 5 N–H and O–H groups in total. The van der Waals surface area contributed by atoms with E-state index in [1.807, 2.05) is 36.5 Å². The Morgan fingerprint density at radius 2 is 1.16 bits per heavy atom. The number of hydrogen-bond acceptors (Lipinski definition) is 10. The number of phosphoric ester groups is 1. The fraction of sp³-hybridized carbons (Fsp3) is 0.659. The van der Waals surface area contributed by atoms with E-state index in [2.05, 4.69) is 48.8 Å². The SMILES string of the molecule is CCCCC/C=C\C=C/[C@@H](O)C/C=C\C/C=C/CCCC(=O)OC[C@H](COP(=O)(O)OC[C@H](N)C(=O)O)OC(=O)CCCCCCC/C=C\C/C=C\CCCCC. The molecule has 326 valence electrons. The number of aliphatic hydroxyl groups excluding tert-OH is 1. The van der Waals surface area contributed by atoms with Crippen molar-refractivity contribution >= 4 is 25.7 Å². The first kappa shape index (κ1) is 53.9. The Morgan fingerprint density at radius 3 is 1.79 bits per heavy atom. The highest BCUT2D eigenvalue weighted by Gasteiger charge is 2.28. The molecule has 0 bridgehead atoms. The Labute approximate surface area is 343 Å². The molecule has 0 aliphatic rings. The molecule has 57 heavy (non-hydrogen) atoms. The summed E-state index contributed by atoms with van der Waals surface area (Å²) in [5.74, 6) is -2.53. The summed E-state index contributed by atoms with van der Waals surface area (Å²) in [6, 6.07) is -1.54. The summed E-state index contributed by atoms with van der Waals surface area (Å²) in [6.07, 6.45) is 41.4. The van der Waals surface area contributed by atoms with Crippen molar-refractivity contribution in [3.8, 4) is 0 Å². The minimum atomic E-state index is -4.75. The quantitative estimate of drug-likeness (QED) is 0.0152. The van der Waals surface area contributed by atoms with Crippen molar-refractivity contribution in [3.63, 3.8) is 0 Å². The third-order valence-electron chi connectivity index (χ3n) is 8.51. The van der Waals surface area contributed by atoms with Crippen LogP contribution in [0.25, 0.3) is 0 Å². The van der Waals surface area contributed by atoms with Crippen LogP contribution in [0.5, 0.6) is 0 Å². The third kappa shape index (κ3) is 38.2. The average molecular weight is 824 g/mol. The van der Waals surface area contributed by atoms with E-state index >= 15 is 0 Å². The van der Waals surface area contributed by atoms with Crippen LogP contribution < -0.4 is 5.73 Å². The van der Waals surface area contributed by atoms with Gasteiger partial charge in [-0.1, -0.05) is 132 Å². The molecule has 0 aromatic heterocycles. The summed E-state index contributed by atoms with van der Waals surface area (Å²) < 4.78 is 32.5. The zero-order valence-electron chi connectivity index (χ0n) is 34.8. The molecule has 0 amide bonds. The van der Waals surface area contributed by atoms with Gasteiger partial charge in [0.2, 0.25) is 0 Å². The molecule has 0 aliphatic carbocycles. The van der Waals surface area contributed by atoms with Crippen molar-refractivity contribution in [2.45, 2.75) is 167 Å². The van der Waals surface area contributed by atoms with Crippen molar-refractivity contribution < 1.29 is 52.6 Å². The van der Waals surface area contributed by atoms with E-state index in [4.69, 9.17) is 24.8 Å². The number of rotatable bonds is 38. The summed E-state index contributed by atoms with van der Waals surface area (Å²) in [4.78, 5) is 45.9. The monoisotopic (exact) mass is 823 g/mol. The number of aliphatic hydroxyl groups is 1. The minimum Gasteiger partial charge on any atom is -0.480 e. The molecule has 0 aromatic rings. The van der Waals surface area contributed by atoms with Gasteiger partial charge < -0.3 is 30.3 Å². The summed E-state index contributed by atoms with van der Waals surface area (Å²) in [6.45, 7) is 2.57. The van der Waals surface area contributed by atoms with Crippen LogP contribution in [0.4, 0.5) is 0 Å². The van der Waals surface area contributed by atoms with Crippen LogP contribution in [0, 0.1) is 0 Å². The van der Waals surface area contributed by atoms with Gasteiger partial charge in [0, 0.05) is 12.8 Å². The fourth-order valence-electron chi connectivity index (χ4n) is 5.11. The number of unbranched alkanes of at least 4 members (excludes halogenated alkanes) is 12. The smallest absolute Gasteiger partial charge is 0.472 e. The highest BCUT2D eigenvalue weighted by Crippen LogP contribution is 2.43. The van der Waals surface area contributed by atoms with E-state index < -0.39 is 63.8 Å². The fourth-order valence-corrected chi connectivity index (χ4v) is 5.89. The first-order valence-electron chi connectivity index (χ1n) is 21.1. The number of carboxylic acid groups (broad SMARTS) is 1. The summed E-state index contributed by atoms with van der Waals surface area (Å²) in [5.41, 5.74) is 5.32. The molecule has 0 spiro atoms. The van der Waals surface area contributed by atoms with E-state index in [0.717, 1.165) is 51.4 Å². The Hall–Kier alpha value is -3.12. The van der Waals surface area contributed by atoms with Crippen LogP contribution in [-0.4, -0.2) is 71.1 Å². The standard InChI is InChI=1S/C44H74NO11P/c1-3-5-7-9-11-12-13-14-15-16-17-18-22-27-31-35-43(48)56-40(37-54-57(51,52)55-38-41(45)44(49)50)36-53-42(47)34-30-26-23-19-21-25-29-33-39(46)32-28-24-20-10-8-6-4-2/h11-12,14-15,19-20,23-25,28-29,32,39-41,46H,3-10,13,16-18,21-22,26-27,30-31,33-38,45H2,1-2H3,(H,49,50)(H,51,52)/b12-11-,15-14-,23-19+,24-20-,29-25-,32-28-/t39-,40-,41+/m1/s1. The molecule has 0 saturated carbocycles. The normalized spacial score (nSPS) is 15.0. The van der Waals surface area contributed by atoms with Gasteiger partial charge >= 0.3 is 25.7 Å². The van der Waals surface area contributed by atoms with Crippen molar-refractivity contribution in [2.75, 3.05) is 19.8 Å². The largest absolute Gasteiger partial charge is 0.480 e. The maximum Gasteiger partial charge on any atom is 0.472 e. The van der Waals surface area contributed by atoms with E-state index in [9.17, 15) is 28.9 Å². The van der Waals surface area contributed by atoms with Crippen LogP contribution in [0.2, 0.25) is 0 Å². The summed E-state index contributed by atoms with van der Waals surface area (Å²) in [7, 11) is -4.75. The van der Waals surface area contributed by atoms with Gasteiger partial charge in [0.15, 0.2) is 6.10 Å². The lowest BCUT2D eigenvalue weighted by molar-refractivity contribution is -0.161. The molecule has 0 heterocycles. The molecule has 4 atom stereocenters. The Morgan fingerprint density at radius 1 is 0.632 bits per heavy atom. The molecule has 0 aromatic carbocycles. The van der Waals surface area contributed by atoms with E-state index in [0.29, 0.717) is 32.1 Å². The highest BCUT2D eigenvalue weighted by molar-refractivity contribution is 7.47. The molecular formula is C44H74NO11P. The number of ether oxygens (including phenoxy) is 2. The first-order chi connectivity index (χ1) is 27.5. The molecule has 12 nitrogen and oxygen atoms in total. The van der Waals surface area contributed by atoms with Gasteiger partial charge in [0.1, 0.15) is 12.6 Å². The second-order valence-electron chi connectivity index (χ2n) is 14.0. The molecule has 1 unspecified atom stereocenters. The minimum absolute atomic E-state index is 0.105. The molecule has 0 radical (unpaired) electrons. The predicted octanol–water partition coefficient (Wildman–Crippen LogP) is 9.92. The second kappa shape index (κ2) is 38.4. The van der Waals surface area contributed by atoms with E-state index in [1.165, 1.54) is 38.5 Å². The predicted molar refractivity (Wildman–Crippen MR) is 227 cm³/mol. The van der Waals surface area contributed by atoms with E-state index in [1.54, 1.807) is 6.08 Å². The number of esters is 2. The van der Waals surface area contributed by atoms with Gasteiger partial charge in [0.25, 0.3) is 0 Å².